The van der Waals surface area contributed by atoms with Gasteiger partial charge < -0.3 is 10.6 Å². The SMILES string of the molecule is CCC1(c2ccc(Br)cc2)CN=C(N)N1C(C)C. The van der Waals surface area contributed by atoms with Gasteiger partial charge in [0, 0.05) is 10.5 Å². The van der Waals surface area contributed by atoms with E-state index in [1.54, 1.807) is 0 Å². The number of nitrogens with zero attached hydrogens (tertiary/aromatic N) is 2. The fourth-order valence-electron chi connectivity index (χ4n) is 2.82. The zero-order valence-corrected chi connectivity index (χ0v) is 12.7. The van der Waals surface area contributed by atoms with E-state index >= 15 is 0 Å². The Morgan fingerprint density at radius 1 is 1.39 bits per heavy atom. The summed E-state index contributed by atoms with van der Waals surface area (Å²) < 4.78 is 1.10. The second kappa shape index (κ2) is 4.92. The summed E-state index contributed by atoms with van der Waals surface area (Å²) in [5.74, 6) is 0.662. The van der Waals surface area contributed by atoms with Crippen LogP contribution >= 0.6 is 15.9 Å². The fourth-order valence-corrected chi connectivity index (χ4v) is 3.08. The molecule has 0 aromatic heterocycles. The molecule has 0 spiro atoms. The maximum Gasteiger partial charge on any atom is 0.192 e. The lowest BCUT2D eigenvalue weighted by Gasteiger charge is -2.42. The Balaban J connectivity index is 2.46. The van der Waals surface area contributed by atoms with Crippen LogP contribution in [0.1, 0.15) is 32.8 Å². The van der Waals surface area contributed by atoms with Crippen LogP contribution in [0.3, 0.4) is 0 Å². The largest absolute Gasteiger partial charge is 0.370 e. The molecule has 0 saturated heterocycles. The van der Waals surface area contributed by atoms with Crippen LogP contribution in [0.15, 0.2) is 33.7 Å². The van der Waals surface area contributed by atoms with Gasteiger partial charge in [0.2, 0.25) is 0 Å². The van der Waals surface area contributed by atoms with Crippen molar-refractivity contribution in [3.05, 3.63) is 34.3 Å². The van der Waals surface area contributed by atoms with Gasteiger partial charge in [-0.3, -0.25) is 4.99 Å². The Kier molecular flexibility index (Phi) is 3.66. The van der Waals surface area contributed by atoms with Gasteiger partial charge in [0.25, 0.3) is 0 Å². The molecule has 3 nitrogen and oxygen atoms in total. The van der Waals surface area contributed by atoms with Crippen molar-refractivity contribution in [2.75, 3.05) is 6.54 Å². The van der Waals surface area contributed by atoms with E-state index in [1.807, 2.05) is 0 Å². The molecular formula is C14H20BrN3. The molecule has 0 amide bonds. The molecule has 1 unspecified atom stereocenters. The highest BCUT2D eigenvalue weighted by molar-refractivity contribution is 9.10. The molecule has 0 saturated carbocycles. The minimum Gasteiger partial charge on any atom is -0.370 e. The van der Waals surface area contributed by atoms with Crippen LogP contribution < -0.4 is 5.73 Å². The molecule has 0 bridgehead atoms. The van der Waals surface area contributed by atoms with Crippen LogP contribution in [0.2, 0.25) is 0 Å². The Bertz CT molecular complexity index is 453. The first kappa shape index (κ1) is 13.4. The second-order valence-electron chi connectivity index (χ2n) is 5.03. The summed E-state index contributed by atoms with van der Waals surface area (Å²) in [5, 5.41) is 0. The van der Waals surface area contributed by atoms with Crippen molar-refractivity contribution in [2.45, 2.75) is 38.8 Å². The first-order chi connectivity index (χ1) is 8.51. The monoisotopic (exact) mass is 309 g/mol. The quantitative estimate of drug-likeness (QED) is 0.932. The van der Waals surface area contributed by atoms with E-state index in [1.165, 1.54) is 5.56 Å². The molecule has 1 aliphatic heterocycles. The van der Waals surface area contributed by atoms with E-state index in [-0.39, 0.29) is 5.54 Å². The maximum atomic E-state index is 6.06. The van der Waals surface area contributed by atoms with Gasteiger partial charge >= 0.3 is 0 Å². The van der Waals surface area contributed by atoms with Gasteiger partial charge in [-0.05, 0) is 38.0 Å². The average Bonchev–Trinajstić information content (AvgIpc) is 2.68. The highest BCUT2D eigenvalue weighted by atomic mass is 79.9. The van der Waals surface area contributed by atoms with E-state index in [4.69, 9.17) is 5.73 Å². The van der Waals surface area contributed by atoms with E-state index in [9.17, 15) is 0 Å². The van der Waals surface area contributed by atoms with Crippen LogP contribution in [0.25, 0.3) is 0 Å². The molecule has 2 rings (SSSR count). The predicted octanol–water partition coefficient (Wildman–Crippen LogP) is 3.09. The predicted molar refractivity (Wildman–Crippen MR) is 79.6 cm³/mol. The van der Waals surface area contributed by atoms with Crippen LogP contribution in [-0.2, 0) is 5.54 Å². The zero-order chi connectivity index (χ0) is 13.3. The van der Waals surface area contributed by atoms with Crippen molar-refractivity contribution in [3.63, 3.8) is 0 Å². The lowest BCUT2D eigenvalue weighted by atomic mass is 9.85. The van der Waals surface area contributed by atoms with Gasteiger partial charge in [-0.15, -0.1) is 0 Å². The number of hydrogen-bond acceptors (Lipinski definition) is 3. The standard InChI is InChI=1S/C14H20BrN3/c1-4-14(11-5-7-12(15)8-6-11)9-17-13(16)18(14)10(2)3/h5-8,10H,4,9H2,1-3H3,(H2,16,17). The molecule has 1 aromatic carbocycles. The molecule has 98 valence electrons. The molecule has 1 heterocycles. The normalized spacial score (nSPS) is 23.6. The minimum absolute atomic E-state index is 0.0844. The van der Waals surface area contributed by atoms with E-state index in [0.717, 1.165) is 17.4 Å². The van der Waals surface area contributed by atoms with Crippen molar-refractivity contribution in [1.82, 2.24) is 4.90 Å². The number of hydrogen-bond donors (Lipinski definition) is 1. The lowest BCUT2D eigenvalue weighted by molar-refractivity contribution is 0.158. The third-order valence-corrected chi connectivity index (χ3v) is 4.22. The first-order valence-corrected chi connectivity index (χ1v) is 7.16. The number of nitrogens with two attached hydrogens (primary N) is 1. The van der Waals surface area contributed by atoms with Crippen LogP contribution in [0.5, 0.6) is 0 Å². The smallest absolute Gasteiger partial charge is 0.192 e. The third-order valence-electron chi connectivity index (χ3n) is 3.69. The lowest BCUT2D eigenvalue weighted by Crippen LogP contribution is -2.52. The van der Waals surface area contributed by atoms with Gasteiger partial charge in [-0.25, -0.2) is 0 Å². The third kappa shape index (κ3) is 2.03. The second-order valence-corrected chi connectivity index (χ2v) is 5.95. The molecule has 0 fully saturated rings. The van der Waals surface area contributed by atoms with E-state index < -0.39 is 0 Å². The number of rotatable bonds is 3. The van der Waals surface area contributed by atoms with Crippen molar-refractivity contribution in [2.24, 2.45) is 10.7 Å². The van der Waals surface area contributed by atoms with Crippen molar-refractivity contribution >= 4 is 21.9 Å². The van der Waals surface area contributed by atoms with Gasteiger partial charge in [0.05, 0.1) is 12.1 Å². The van der Waals surface area contributed by atoms with Crippen molar-refractivity contribution in [3.8, 4) is 0 Å². The molecule has 1 aliphatic rings. The number of guanidine groups is 1. The summed E-state index contributed by atoms with van der Waals surface area (Å²) in [7, 11) is 0. The molecule has 18 heavy (non-hydrogen) atoms. The van der Waals surface area contributed by atoms with Crippen molar-refractivity contribution in [1.29, 1.82) is 0 Å². The molecule has 0 aliphatic carbocycles. The van der Waals surface area contributed by atoms with E-state index in [0.29, 0.717) is 12.0 Å². The highest BCUT2D eigenvalue weighted by Crippen LogP contribution is 2.37. The van der Waals surface area contributed by atoms with Crippen LogP contribution in [0, 0.1) is 0 Å². The average molecular weight is 310 g/mol. The van der Waals surface area contributed by atoms with Crippen molar-refractivity contribution < 1.29 is 0 Å². The Morgan fingerprint density at radius 2 is 2.00 bits per heavy atom. The van der Waals surface area contributed by atoms with Gasteiger partial charge in [-0.1, -0.05) is 35.0 Å². The molecule has 1 aromatic rings. The fraction of sp³-hybridized carbons (Fsp3) is 0.500. The molecule has 0 radical (unpaired) electrons. The number of halogens is 1. The summed E-state index contributed by atoms with van der Waals surface area (Å²) in [5.41, 5.74) is 7.26. The summed E-state index contributed by atoms with van der Waals surface area (Å²) >= 11 is 3.48. The summed E-state index contributed by atoms with van der Waals surface area (Å²) in [6.45, 7) is 7.27. The summed E-state index contributed by atoms with van der Waals surface area (Å²) in [6, 6.07) is 8.84. The van der Waals surface area contributed by atoms with Crippen LogP contribution in [-0.4, -0.2) is 23.4 Å². The Morgan fingerprint density at radius 3 is 2.50 bits per heavy atom. The molecular weight excluding hydrogens is 290 g/mol. The summed E-state index contributed by atoms with van der Waals surface area (Å²) in [6.07, 6.45) is 0.997. The van der Waals surface area contributed by atoms with Gasteiger partial charge in [-0.2, -0.15) is 0 Å². The Hall–Kier alpha value is -1.03. The van der Waals surface area contributed by atoms with Crippen LogP contribution in [0.4, 0.5) is 0 Å². The Labute approximate surface area is 117 Å². The topological polar surface area (TPSA) is 41.6 Å². The molecule has 2 N–H and O–H groups in total. The van der Waals surface area contributed by atoms with E-state index in [2.05, 4.69) is 70.9 Å². The minimum atomic E-state index is -0.0844. The van der Waals surface area contributed by atoms with Gasteiger partial charge in [0.1, 0.15) is 0 Å². The number of aliphatic imine (C=N–C) groups is 1. The van der Waals surface area contributed by atoms with Gasteiger partial charge in [0.15, 0.2) is 5.96 Å². The highest BCUT2D eigenvalue weighted by Gasteiger charge is 2.43. The number of benzene rings is 1. The maximum absolute atomic E-state index is 6.06. The summed E-state index contributed by atoms with van der Waals surface area (Å²) in [4.78, 5) is 6.72. The molecule has 1 atom stereocenters. The first-order valence-electron chi connectivity index (χ1n) is 6.36. The molecule has 4 heteroatoms. The zero-order valence-electron chi connectivity index (χ0n) is 11.2.